The van der Waals surface area contributed by atoms with Crippen molar-refractivity contribution in [2.24, 2.45) is 0 Å². The van der Waals surface area contributed by atoms with Gasteiger partial charge in [-0.1, -0.05) is 17.7 Å². The third kappa shape index (κ3) is 2.38. The van der Waals surface area contributed by atoms with Crippen molar-refractivity contribution < 1.29 is 9.21 Å². The van der Waals surface area contributed by atoms with E-state index in [0.29, 0.717) is 27.4 Å². The molecule has 0 fully saturated rings. The van der Waals surface area contributed by atoms with Crippen LogP contribution >= 0.6 is 11.6 Å². The van der Waals surface area contributed by atoms with E-state index in [9.17, 15) is 4.79 Å². The van der Waals surface area contributed by atoms with Crippen molar-refractivity contribution in [1.82, 2.24) is 4.98 Å². The maximum absolute atomic E-state index is 12.2. The molecule has 3 aromatic rings. The number of anilines is 1. The second-order valence-electron chi connectivity index (χ2n) is 4.45. The van der Waals surface area contributed by atoms with Crippen LogP contribution in [-0.2, 0) is 0 Å². The van der Waals surface area contributed by atoms with E-state index in [2.05, 4.69) is 10.3 Å². The highest BCUT2D eigenvalue weighted by Crippen LogP contribution is 2.21. The van der Waals surface area contributed by atoms with Gasteiger partial charge in [-0.25, -0.2) is 4.98 Å². The van der Waals surface area contributed by atoms with Crippen molar-refractivity contribution in [3.05, 3.63) is 58.9 Å². The Labute approximate surface area is 120 Å². The van der Waals surface area contributed by atoms with Crippen LogP contribution in [0.5, 0.6) is 0 Å². The van der Waals surface area contributed by atoms with Gasteiger partial charge >= 0.3 is 0 Å². The molecule has 4 nitrogen and oxygen atoms in total. The van der Waals surface area contributed by atoms with E-state index < -0.39 is 0 Å². The van der Waals surface area contributed by atoms with E-state index in [1.54, 1.807) is 30.3 Å². The smallest absolute Gasteiger partial charge is 0.255 e. The second-order valence-corrected chi connectivity index (χ2v) is 4.88. The molecule has 0 unspecified atom stereocenters. The third-order valence-corrected chi connectivity index (χ3v) is 3.28. The third-order valence-electron chi connectivity index (χ3n) is 3.04. The van der Waals surface area contributed by atoms with Crippen molar-refractivity contribution >= 4 is 34.3 Å². The van der Waals surface area contributed by atoms with Crippen molar-refractivity contribution in [2.75, 3.05) is 5.32 Å². The molecule has 0 spiro atoms. The van der Waals surface area contributed by atoms with E-state index in [-0.39, 0.29) is 5.91 Å². The topological polar surface area (TPSA) is 55.1 Å². The molecule has 0 bridgehead atoms. The zero-order chi connectivity index (χ0) is 14.1. The van der Waals surface area contributed by atoms with Crippen molar-refractivity contribution in [3.8, 4) is 0 Å². The number of amides is 1. The van der Waals surface area contributed by atoms with Gasteiger partial charge < -0.3 is 9.73 Å². The minimum Gasteiger partial charge on any atom is -0.443 e. The molecule has 100 valence electrons. The number of rotatable bonds is 2. The minimum atomic E-state index is -0.208. The van der Waals surface area contributed by atoms with E-state index in [1.165, 1.54) is 6.39 Å². The fourth-order valence-corrected chi connectivity index (χ4v) is 2.09. The Bertz CT molecular complexity index is 795. The Hall–Kier alpha value is -2.33. The fraction of sp³-hybridized carbons (Fsp3) is 0.0667. The zero-order valence-corrected chi connectivity index (χ0v) is 11.4. The van der Waals surface area contributed by atoms with Gasteiger partial charge in [-0.2, -0.15) is 0 Å². The average molecular weight is 287 g/mol. The van der Waals surface area contributed by atoms with E-state index in [4.69, 9.17) is 16.0 Å². The summed E-state index contributed by atoms with van der Waals surface area (Å²) >= 11 is 5.94. The zero-order valence-electron chi connectivity index (χ0n) is 10.7. The van der Waals surface area contributed by atoms with Gasteiger partial charge in [0.05, 0.1) is 0 Å². The normalized spacial score (nSPS) is 10.7. The predicted octanol–water partition coefficient (Wildman–Crippen LogP) is 4.04. The molecule has 0 aliphatic rings. The molecule has 0 saturated heterocycles. The molecule has 1 N–H and O–H groups in total. The Kier molecular flexibility index (Phi) is 3.16. The first-order valence-corrected chi connectivity index (χ1v) is 6.42. The number of oxazole rings is 1. The molecule has 5 heteroatoms. The Morgan fingerprint density at radius 2 is 2.10 bits per heavy atom. The van der Waals surface area contributed by atoms with Crippen LogP contribution in [-0.4, -0.2) is 10.9 Å². The van der Waals surface area contributed by atoms with E-state index >= 15 is 0 Å². The molecule has 0 atom stereocenters. The molecule has 0 radical (unpaired) electrons. The lowest BCUT2D eigenvalue weighted by Gasteiger charge is -2.08. The van der Waals surface area contributed by atoms with E-state index in [0.717, 1.165) is 5.56 Å². The van der Waals surface area contributed by atoms with Crippen molar-refractivity contribution in [2.45, 2.75) is 6.92 Å². The lowest BCUT2D eigenvalue weighted by atomic mass is 10.1. The van der Waals surface area contributed by atoms with Crippen molar-refractivity contribution in [3.63, 3.8) is 0 Å². The first kappa shape index (κ1) is 12.7. The predicted molar refractivity (Wildman–Crippen MR) is 78.2 cm³/mol. The number of carbonyl (C=O) groups excluding carboxylic acids is 1. The summed E-state index contributed by atoms with van der Waals surface area (Å²) in [6.07, 6.45) is 1.35. The number of nitrogens with zero attached hydrogens (tertiary/aromatic N) is 1. The molecule has 20 heavy (non-hydrogen) atoms. The minimum absolute atomic E-state index is 0.208. The Morgan fingerprint density at radius 3 is 2.95 bits per heavy atom. The molecule has 0 aliphatic heterocycles. The van der Waals surface area contributed by atoms with Crippen LogP contribution in [0.3, 0.4) is 0 Å². The number of benzene rings is 2. The number of fused-ring (bicyclic) bond motifs is 1. The maximum atomic E-state index is 12.2. The summed E-state index contributed by atoms with van der Waals surface area (Å²) in [6, 6.07) is 10.5. The summed E-state index contributed by atoms with van der Waals surface area (Å²) in [5.74, 6) is -0.208. The van der Waals surface area contributed by atoms with Gasteiger partial charge in [-0.3, -0.25) is 4.79 Å². The molecule has 1 aromatic heterocycles. The number of hydrogen-bond donors (Lipinski definition) is 1. The van der Waals surface area contributed by atoms with Gasteiger partial charge in [0.1, 0.15) is 5.52 Å². The average Bonchev–Trinajstić information content (AvgIpc) is 2.90. The van der Waals surface area contributed by atoms with Crippen LogP contribution in [0.15, 0.2) is 47.2 Å². The van der Waals surface area contributed by atoms with Crippen LogP contribution in [0.2, 0.25) is 5.02 Å². The fourth-order valence-electron chi connectivity index (χ4n) is 1.92. The molecule has 0 aliphatic carbocycles. The Balaban J connectivity index is 1.90. The summed E-state index contributed by atoms with van der Waals surface area (Å²) in [5, 5.41) is 3.42. The standard InChI is InChI=1S/C15H11ClN2O2/c1-9-2-4-11(16)7-12(9)18-15(19)10-3-5-14-13(6-10)17-8-20-14/h2-8H,1H3,(H,18,19). The van der Waals surface area contributed by atoms with Gasteiger partial charge in [-0.05, 0) is 42.8 Å². The lowest BCUT2D eigenvalue weighted by molar-refractivity contribution is 0.102. The first-order valence-electron chi connectivity index (χ1n) is 6.04. The van der Waals surface area contributed by atoms with Gasteiger partial charge in [0.25, 0.3) is 5.91 Å². The largest absolute Gasteiger partial charge is 0.443 e. The van der Waals surface area contributed by atoms with E-state index in [1.807, 2.05) is 13.0 Å². The van der Waals surface area contributed by atoms with Crippen molar-refractivity contribution in [1.29, 1.82) is 0 Å². The van der Waals surface area contributed by atoms with Gasteiger partial charge in [0, 0.05) is 16.3 Å². The summed E-state index contributed by atoms with van der Waals surface area (Å²) in [7, 11) is 0. The van der Waals surface area contributed by atoms with Crippen LogP contribution in [0.25, 0.3) is 11.1 Å². The number of carbonyl (C=O) groups is 1. The molecular formula is C15H11ClN2O2. The molecule has 0 saturated carbocycles. The van der Waals surface area contributed by atoms with Gasteiger partial charge in [0.2, 0.25) is 0 Å². The molecule has 2 aromatic carbocycles. The number of halogens is 1. The van der Waals surface area contributed by atoms with Crippen LogP contribution in [0.1, 0.15) is 15.9 Å². The summed E-state index contributed by atoms with van der Waals surface area (Å²) < 4.78 is 5.15. The maximum Gasteiger partial charge on any atom is 0.255 e. The molecule has 1 heterocycles. The molecule has 1 amide bonds. The number of nitrogens with one attached hydrogen (secondary N) is 1. The lowest BCUT2D eigenvalue weighted by Crippen LogP contribution is -2.12. The Morgan fingerprint density at radius 1 is 1.25 bits per heavy atom. The second kappa shape index (κ2) is 4.98. The highest BCUT2D eigenvalue weighted by atomic mass is 35.5. The number of aryl methyl sites for hydroxylation is 1. The summed E-state index contributed by atoms with van der Waals surface area (Å²) in [4.78, 5) is 16.3. The van der Waals surface area contributed by atoms with Crippen LogP contribution in [0, 0.1) is 6.92 Å². The molecule has 3 rings (SSSR count). The van der Waals surface area contributed by atoms with Gasteiger partial charge in [0.15, 0.2) is 12.0 Å². The van der Waals surface area contributed by atoms with Crippen LogP contribution < -0.4 is 5.32 Å². The first-order chi connectivity index (χ1) is 9.63. The summed E-state index contributed by atoms with van der Waals surface area (Å²) in [5.41, 5.74) is 3.47. The summed E-state index contributed by atoms with van der Waals surface area (Å²) in [6.45, 7) is 1.91. The number of hydrogen-bond acceptors (Lipinski definition) is 3. The monoisotopic (exact) mass is 286 g/mol. The highest BCUT2D eigenvalue weighted by molar-refractivity contribution is 6.31. The number of aromatic nitrogens is 1. The van der Waals surface area contributed by atoms with Gasteiger partial charge in [-0.15, -0.1) is 0 Å². The SMILES string of the molecule is Cc1ccc(Cl)cc1NC(=O)c1ccc2ocnc2c1. The molecular weight excluding hydrogens is 276 g/mol. The van der Waals surface area contributed by atoms with Crippen LogP contribution in [0.4, 0.5) is 5.69 Å². The highest BCUT2D eigenvalue weighted by Gasteiger charge is 2.10. The quantitative estimate of drug-likeness (QED) is 0.773.